The van der Waals surface area contributed by atoms with Crippen molar-refractivity contribution in [2.45, 2.75) is 32.6 Å². The Morgan fingerprint density at radius 3 is 2.52 bits per heavy atom. The summed E-state index contributed by atoms with van der Waals surface area (Å²) in [7, 11) is 3.23. The zero-order valence-electron chi connectivity index (χ0n) is 13.1. The zero-order valence-corrected chi connectivity index (χ0v) is 13.1. The molecule has 21 heavy (non-hydrogen) atoms. The molecule has 1 saturated carbocycles. The molecule has 0 aromatic heterocycles. The molecule has 1 aromatic rings. The minimum atomic E-state index is 0.309. The van der Waals surface area contributed by atoms with Gasteiger partial charge in [-0.15, -0.1) is 0 Å². The summed E-state index contributed by atoms with van der Waals surface area (Å²) in [4.78, 5) is 4.48. The molecular formula is C16H25N3O2. The lowest BCUT2D eigenvalue weighted by molar-refractivity contribution is 0.351. The van der Waals surface area contributed by atoms with Crippen LogP contribution in [-0.4, -0.2) is 26.7 Å². The van der Waals surface area contributed by atoms with Crippen LogP contribution in [0.5, 0.6) is 11.5 Å². The van der Waals surface area contributed by atoms with Crippen LogP contribution in [0.15, 0.2) is 23.2 Å². The average Bonchev–Trinajstić information content (AvgIpc) is 2.92. The number of aliphatic imine (C=N–C) groups is 1. The minimum Gasteiger partial charge on any atom is -0.493 e. The van der Waals surface area contributed by atoms with Crippen molar-refractivity contribution >= 4 is 11.6 Å². The number of hydrogen-bond donors (Lipinski definition) is 2. The fourth-order valence-corrected chi connectivity index (χ4v) is 2.76. The van der Waals surface area contributed by atoms with Gasteiger partial charge >= 0.3 is 0 Å². The molecule has 0 bridgehead atoms. The maximum atomic E-state index is 5.97. The van der Waals surface area contributed by atoms with Crippen molar-refractivity contribution in [1.82, 2.24) is 0 Å². The molecule has 0 spiro atoms. The SMILES string of the molecule is COc1ccc(NC(N)=NCC2(C)CCCC2)cc1OC. The Balaban J connectivity index is 2.00. The summed E-state index contributed by atoms with van der Waals surface area (Å²) >= 11 is 0. The van der Waals surface area contributed by atoms with Gasteiger partial charge in [0.25, 0.3) is 0 Å². The highest BCUT2D eigenvalue weighted by molar-refractivity contribution is 5.92. The molecule has 1 aliphatic carbocycles. The Morgan fingerprint density at radius 2 is 1.90 bits per heavy atom. The van der Waals surface area contributed by atoms with Gasteiger partial charge in [0.1, 0.15) is 0 Å². The minimum absolute atomic E-state index is 0.309. The first-order valence-electron chi connectivity index (χ1n) is 7.35. The molecule has 0 amide bonds. The molecule has 1 aliphatic rings. The fourth-order valence-electron chi connectivity index (χ4n) is 2.76. The first kappa shape index (κ1) is 15.5. The van der Waals surface area contributed by atoms with E-state index in [1.807, 2.05) is 18.2 Å². The smallest absolute Gasteiger partial charge is 0.193 e. The largest absolute Gasteiger partial charge is 0.493 e. The third kappa shape index (κ3) is 4.03. The van der Waals surface area contributed by atoms with Gasteiger partial charge in [-0.05, 0) is 30.4 Å². The van der Waals surface area contributed by atoms with E-state index in [-0.39, 0.29) is 0 Å². The van der Waals surface area contributed by atoms with Gasteiger partial charge in [-0.3, -0.25) is 4.99 Å². The molecule has 2 rings (SSSR count). The summed E-state index contributed by atoms with van der Waals surface area (Å²) in [6, 6.07) is 5.58. The molecule has 0 radical (unpaired) electrons. The number of guanidine groups is 1. The van der Waals surface area contributed by atoms with Gasteiger partial charge < -0.3 is 20.5 Å². The van der Waals surface area contributed by atoms with E-state index < -0.39 is 0 Å². The number of ether oxygens (including phenoxy) is 2. The lowest BCUT2D eigenvalue weighted by Gasteiger charge is -2.20. The third-order valence-corrected chi connectivity index (χ3v) is 4.10. The topological polar surface area (TPSA) is 68.9 Å². The number of rotatable bonds is 5. The normalized spacial score (nSPS) is 17.6. The van der Waals surface area contributed by atoms with Crippen LogP contribution in [0.2, 0.25) is 0 Å². The van der Waals surface area contributed by atoms with Gasteiger partial charge in [0.2, 0.25) is 0 Å². The number of anilines is 1. The fraction of sp³-hybridized carbons (Fsp3) is 0.562. The van der Waals surface area contributed by atoms with Crippen molar-refractivity contribution in [3.8, 4) is 11.5 Å². The molecule has 5 heteroatoms. The lowest BCUT2D eigenvalue weighted by atomic mass is 9.89. The van der Waals surface area contributed by atoms with Crippen LogP contribution in [-0.2, 0) is 0 Å². The third-order valence-electron chi connectivity index (χ3n) is 4.10. The van der Waals surface area contributed by atoms with Crippen LogP contribution in [0, 0.1) is 5.41 Å². The highest BCUT2D eigenvalue weighted by Gasteiger charge is 2.28. The van der Waals surface area contributed by atoms with Crippen LogP contribution in [0.1, 0.15) is 32.6 Å². The predicted molar refractivity (Wildman–Crippen MR) is 86.2 cm³/mol. The molecule has 0 saturated heterocycles. The Labute approximate surface area is 126 Å². The number of benzene rings is 1. The summed E-state index contributed by atoms with van der Waals surface area (Å²) in [5, 5.41) is 3.10. The number of nitrogens with one attached hydrogen (secondary N) is 1. The van der Waals surface area contributed by atoms with E-state index in [2.05, 4.69) is 17.2 Å². The second-order valence-electron chi connectivity index (χ2n) is 5.91. The van der Waals surface area contributed by atoms with Crippen LogP contribution >= 0.6 is 0 Å². The summed E-state index contributed by atoms with van der Waals surface area (Å²) in [6.07, 6.45) is 5.07. The van der Waals surface area contributed by atoms with Crippen molar-refractivity contribution in [2.24, 2.45) is 16.1 Å². The highest BCUT2D eigenvalue weighted by atomic mass is 16.5. The lowest BCUT2D eigenvalue weighted by Crippen LogP contribution is -2.25. The Bertz CT molecular complexity index is 508. The molecule has 1 aromatic carbocycles. The standard InChI is InChI=1S/C16H25N3O2/c1-16(8-4-5-9-16)11-18-15(17)19-12-6-7-13(20-2)14(10-12)21-3/h6-7,10H,4-5,8-9,11H2,1-3H3,(H3,17,18,19). The molecule has 0 aliphatic heterocycles. The maximum absolute atomic E-state index is 5.97. The van der Waals surface area contributed by atoms with Crippen molar-refractivity contribution in [1.29, 1.82) is 0 Å². The molecule has 0 unspecified atom stereocenters. The second kappa shape index (κ2) is 6.70. The van der Waals surface area contributed by atoms with Crippen molar-refractivity contribution in [3.05, 3.63) is 18.2 Å². The number of hydrogen-bond acceptors (Lipinski definition) is 3. The van der Waals surface area contributed by atoms with Gasteiger partial charge in [0.15, 0.2) is 17.5 Å². The van der Waals surface area contributed by atoms with Crippen molar-refractivity contribution < 1.29 is 9.47 Å². The van der Waals surface area contributed by atoms with Crippen LogP contribution in [0.3, 0.4) is 0 Å². The van der Waals surface area contributed by atoms with E-state index in [0.29, 0.717) is 22.9 Å². The molecule has 0 atom stereocenters. The number of nitrogens with two attached hydrogens (primary N) is 1. The Morgan fingerprint density at radius 1 is 1.24 bits per heavy atom. The quantitative estimate of drug-likeness (QED) is 0.646. The summed E-state index contributed by atoms with van der Waals surface area (Å²) in [5.41, 5.74) is 7.12. The number of nitrogens with zero attached hydrogens (tertiary/aromatic N) is 1. The average molecular weight is 291 g/mol. The Hall–Kier alpha value is -1.91. The maximum Gasteiger partial charge on any atom is 0.193 e. The first-order chi connectivity index (χ1) is 10.1. The molecule has 3 N–H and O–H groups in total. The van der Waals surface area contributed by atoms with Gasteiger partial charge in [0, 0.05) is 18.3 Å². The molecule has 0 heterocycles. The van der Waals surface area contributed by atoms with Crippen LogP contribution in [0.4, 0.5) is 5.69 Å². The Kier molecular flexibility index (Phi) is 4.94. The molecule has 1 fully saturated rings. The zero-order chi connectivity index (χ0) is 15.3. The van der Waals surface area contributed by atoms with E-state index >= 15 is 0 Å². The van der Waals surface area contributed by atoms with Gasteiger partial charge in [0.05, 0.1) is 14.2 Å². The predicted octanol–water partition coefficient (Wildman–Crippen LogP) is 3.01. The van der Waals surface area contributed by atoms with Crippen molar-refractivity contribution in [3.63, 3.8) is 0 Å². The van der Waals surface area contributed by atoms with Gasteiger partial charge in [-0.25, -0.2) is 0 Å². The van der Waals surface area contributed by atoms with Crippen molar-refractivity contribution in [2.75, 3.05) is 26.1 Å². The molecular weight excluding hydrogens is 266 g/mol. The molecule has 116 valence electrons. The van der Waals surface area contributed by atoms with E-state index in [1.54, 1.807) is 14.2 Å². The van der Waals surface area contributed by atoms with Crippen LogP contribution in [0.25, 0.3) is 0 Å². The summed E-state index contributed by atoms with van der Waals surface area (Å²) in [6.45, 7) is 3.06. The summed E-state index contributed by atoms with van der Waals surface area (Å²) < 4.78 is 10.5. The first-order valence-corrected chi connectivity index (χ1v) is 7.35. The highest BCUT2D eigenvalue weighted by Crippen LogP contribution is 2.37. The van der Waals surface area contributed by atoms with E-state index in [4.69, 9.17) is 15.2 Å². The monoisotopic (exact) mass is 291 g/mol. The van der Waals surface area contributed by atoms with E-state index in [0.717, 1.165) is 12.2 Å². The van der Waals surface area contributed by atoms with Gasteiger partial charge in [-0.2, -0.15) is 0 Å². The van der Waals surface area contributed by atoms with Crippen LogP contribution < -0.4 is 20.5 Å². The van der Waals surface area contributed by atoms with E-state index in [9.17, 15) is 0 Å². The molecule has 5 nitrogen and oxygen atoms in total. The van der Waals surface area contributed by atoms with E-state index in [1.165, 1.54) is 25.7 Å². The van der Waals surface area contributed by atoms with Gasteiger partial charge in [-0.1, -0.05) is 19.8 Å². The summed E-state index contributed by atoms with van der Waals surface area (Å²) in [5.74, 6) is 1.80. The second-order valence-corrected chi connectivity index (χ2v) is 5.91. The number of methoxy groups -OCH3 is 2.